The number of rotatable bonds is 6. The molecule has 2 aromatic carbocycles. The van der Waals surface area contributed by atoms with Crippen molar-refractivity contribution >= 4 is 5.97 Å². The summed E-state index contributed by atoms with van der Waals surface area (Å²) >= 11 is 0. The maximum atomic E-state index is 12.8. The van der Waals surface area contributed by atoms with Crippen molar-refractivity contribution in [3.8, 4) is 68.6 Å². The number of carbonyl (C=O) groups excluding carboxylic acids is 1. The molecular formula is C28H24O16. The molecule has 5 atom stereocenters. The lowest BCUT2D eigenvalue weighted by Gasteiger charge is -2.41. The van der Waals surface area contributed by atoms with Gasteiger partial charge in [-0.2, -0.15) is 0 Å². The fourth-order valence-electron chi connectivity index (χ4n) is 4.52. The number of aliphatic hydroxyl groups excluding tert-OH is 3. The van der Waals surface area contributed by atoms with Crippen molar-refractivity contribution in [2.24, 2.45) is 0 Å². The highest BCUT2D eigenvalue weighted by molar-refractivity contribution is 5.91. The van der Waals surface area contributed by atoms with E-state index in [2.05, 4.69) is 0 Å². The highest BCUT2D eigenvalue weighted by atomic mass is 16.7. The summed E-state index contributed by atoms with van der Waals surface area (Å²) in [6.45, 7) is -0.853. The summed E-state index contributed by atoms with van der Waals surface area (Å²) in [5, 5.41) is 101. The first-order valence-electron chi connectivity index (χ1n) is 12.6. The summed E-state index contributed by atoms with van der Waals surface area (Å²) < 4.78 is 21.9. The zero-order valence-corrected chi connectivity index (χ0v) is 22.1. The fourth-order valence-corrected chi connectivity index (χ4v) is 4.52. The number of esters is 1. The maximum absolute atomic E-state index is 12.8. The van der Waals surface area contributed by atoms with Gasteiger partial charge >= 0.3 is 5.97 Å². The maximum Gasteiger partial charge on any atom is 0.339 e. The van der Waals surface area contributed by atoms with Crippen molar-refractivity contribution in [3.05, 3.63) is 58.3 Å². The SMILES string of the molecule is O=C(OC1C(Oc2cc(-c3oc4cc(=O)cc(O)c-4cc3O)cc(O)c2O)OC(CO)C(O)C1O)c1cc(O)c(O)c(O)c1. The van der Waals surface area contributed by atoms with Gasteiger partial charge in [0.05, 0.1) is 17.7 Å². The fraction of sp³-hybridized carbons (Fsp3) is 0.214. The Morgan fingerprint density at radius 2 is 1.43 bits per heavy atom. The number of carbonyl (C=O) groups is 1. The van der Waals surface area contributed by atoms with Crippen molar-refractivity contribution in [2.75, 3.05) is 6.61 Å². The Balaban J connectivity index is 1.52. The first kappa shape index (κ1) is 30.1. The van der Waals surface area contributed by atoms with Gasteiger partial charge in [0.15, 0.2) is 51.8 Å². The van der Waals surface area contributed by atoms with E-state index in [4.69, 9.17) is 18.6 Å². The summed E-state index contributed by atoms with van der Waals surface area (Å²) in [6.07, 6.45) is -9.14. The first-order valence-corrected chi connectivity index (χ1v) is 12.6. The molecule has 2 heterocycles. The van der Waals surface area contributed by atoms with Gasteiger partial charge in [-0.15, -0.1) is 0 Å². The molecule has 0 spiro atoms. The van der Waals surface area contributed by atoms with Crippen LogP contribution in [0.5, 0.6) is 46.0 Å². The normalized spacial score (nSPS) is 21.7. The summed E-state index contributed by atoms with van der Waals surface area (Å²) in [5.74, 6) is -7.88. The van der Waals surface area contributed by atoms with Gasteiger partial charge in [0.1, 0.15) is 29.8 Å². The molecule has 5 unspecified atom stereocenters. The lowest BCUT2D eigenvalue weighted by atomic mass is 9.99. The van der Waals surface area contributed by atoms with Crippen LogP contribution < -0.4 is 10.2 Å². The standard InChI is InChI=1S/C28H24O16/c29-8-20-23(38)24(39)26(44-27(40)10-2-14(32)21(36)15(33)3-10)28(43-20)42-19-4-9(1-16(34)22(19)37)25-17(35)7-12-13(31)5-11(30)6-18(12)41-25/h1-7,20,23-24,26,28-29,31-39H,8H2. The molecule has 5 rings (SSSR count). The predicted octanol–water partition coefficient (Wildman–Crippen LogP) is 0.394. The van der Waals surface area contributed by atoms with Crippen LogP contribution in [-0.2, 0) is 9.47 Å². The highest BCUT2D eigenvalue weighted by Gasteiger charge is 2.48. The third-order valence-electron chi connectivity index (χ3n) is 6.75. The second-order valence-electron chi connectivity index (χ2n) is 9.71. The second-order valence-corrected chi connectivity index (χ2v) is 9.71. The number of phenols is 6. The number of fused-ring (bicyclic) bond motifs is 1. The van der Waals surface area contributed by atoms with Gasteiger partial charge in [0.25, 0.3) is 0 Å². The van der Waals surface area contributed by atoms with Crippen LogP contribution in [0.25, 0.3) is 22.6 Å². The molecule has 0 bridgehead atoms. The van der Waals surface area contributed by atoms with Crippen molar-refractivity contribution in [1.82, 2.24) is 0 Å². The van der Waals surface area contributed by atoms with Crippen LogP contribution in [-0.4, -0.2) is 94.3 Å². The van der Waals surface area contributed by atoms with E-state index in [1.165, 1.54) is 0 Å². The molecule has 1 fully saturated rings. The smallest absolute Gasteiger partial charge is 0.339 e. The van der Waals surface area contributed by atoms with Gasteiger partial charge in [-0.05, 0) is 30.3 Å². The molecular weight excluding hydrogens is 592 g/mol. The van der Waals surface area contributed by atoms with E-state index in [9.17, 15) is 60.7 Å². The van der Waals surface area contributed by atoms with E-state index in [1.54, 1.807) is 0 Å². The molecule has 1 aliphatic carbocycles. The molecule has 0 saturated carbocycles. The van der Waals surface area contributed by atoms with Gasteiger partial charge in [0.2, 0.25) is 12.0 Å². The number of phenolic OH excluding ortho intramolecular Hbond substituents is 6. The lowest BCUT2D eigenvalue weighted by molar-refractivity contribution is -0.276. The minimum atomic E-state index is -1.98. The number of aliphatic hydroxyl groups is 3. The average Bonchev–Trinajstić information content (AvgIpc) is 2.97. The van der Waals surface area contributed by atoms with E-state index in [-0.39, 0.29) is 22.6 Å². The third-order valence-corrected chi connectivity index (χ3v) is 6.75. The van der Waals surface area contributed by atoms with Crippen LogP contribution in [0.1, 0.15) is 10.4 Å². The van der Waals surface area contributed by atoms with E-state index in [0.717, 1.165) is 42.5 Å². The van der Waals surface area contributed by atoms with Gasteiger partial charge in [-0.1, -0.05) is 0 Å². The zero-order chi connectivity index (χ0) is 32.0. The largest absolute Gasteiger partial charge is 0.507 e. The molecule has 10 N–H and O–H groups in total. The molecule has 16 nitrogen and oxygen atoms in total. The topological polar surface area (TPSA) is 277 Å². The average molecular weight is 616 g/mol. The Hall–Kier alpha value is -5.42. The second kappa shape index (κ2) is 11.3. The lowest BCUT2D eigenvalue weighted by Crippen LogP contribution is -2.61. The van der Waals surface area contributed by atoms with E-state index >= 15 is 0 Å². The van der Waals surface area contributed by atoms with E-state index < -0.39 is 100 Å². The van der Waals surface area contributed by atoms with E-state index in [0.29, 0.717) is 0 Å². The quantitative estimate of drug-likeness (QED) is 0.104. The molecule has 2 aliphatic heterocycles. The Morgan fingerprint density at radius 1 is 0.773 bits per heavy atom. The van der Waals surface area contributed by atoms with Crippen LogP contribution >= 0.6 is 0 Å². The van der Waals surface area contributed by atoms with Gasteiger partial charge in [-0.3, -0.25) is 4.79 Å². The van der Waals surface area contributed by atoms with Gasteiger partial charge < -0.3 is 69.7 Å². The molecule has 16 heteroatoms. The Morgan fingerprint density at radius 3 is 2.09 bits per heavy atom. The van der Waals surface area contributed by atoms with Gasteiger partial charge in [0, 0.05) is 17.7 Å². The Kier molecular flexibility index (Phi) is 7.75. The van der Waals surface area contributed by atoms with E-state index in [1.807, 2.05) is 0 Å². The summed E-state index contributed by atoms with van der Waals surface area (Å²) in [6, 6.07) is 6.45. The number of ether oxygens (including phenoxy) is 3. The Labute approximate surface area is 245 Å². The summed E-state index contributed by atoms with van der Waals surface area (Å²) in [4.78, 5) is 24.7. The Bertz CT molecular complexity index is 1740. The number of hydrogen-bond donors (Lipinski definition) is 10. The molecule has 1 saturated heterocycles. The van der Waals surface area contributed by atoms with Crippen molar-refractivity contribution in [3.63, 3.8) is 0 Å². The number of aromatic hydroxyl groups is 7. The minimum Gasteiger partial charge on any atom is -0.507 e. The third kappa shape index (κ3) is 5.40. The minimum absolute atomic E-state index is 0.0107. The molecule has 44 heavy (non-hydrogen) atoms. The first-order chi connectivity index (χ1) is 20.8. The molecule has 0 aromatic heterocycles. The summed E-state index contributed by atoms with van der Waals surface area (Å²) in [7, 11) is 0. The molecule has 3 aliphatic rings. The van der Waals surface area contributed by atoms with Crippen LogP contribution in [0.15, 0.2) is 51.7 Å². The summed E-state index contributed by atoms with van der Waals surface area (Å²) in [5.41, 5.74) is -1.28. The van der Waals surface area contributed by atoms with Crippen LogP contribution in [0.3, 0.4) is 0 Å². The molecule has 232 valence electrons. The molecule has 2 aromatic rings. The van der Waals surface area contributed by atoms with Crippen LogP contribution in [0.2, 0.25) is 0 Å². The van der Waals surface area contributed by atoms with Crippen LogP contribution in [0, 0.1) is 0 Å². The monoisotopic (exact) mass is 616 g/mol. The predicted molar refractivity (Wildman–Crippen MR) is 143 cm³/mol. The van der Waals surface area contributed by atoms with Crippen molar-refractivity contribution in [2.45, 2.75) is 30.7 Å². The highest BCUT2D eigenvalue weighted by Crippen LogP contribution is 2.45. The molecule has 0 amide bonds. The van der Waals surface area contributed by atoms with Crippen molar-refractivity contribution in [1.29, 1.82) is 0 Å². The van der Waals surface area contributed by atoms with Gasteiger partial charge in [-0.25, -0.2) is 4.79 Å². The van der Waals surface area contributed by atoms with Crippen LogP contribution in [0.4, 0.5) is 0 Å². The number of benzene rings is 3. The number of hydrogen-bond acceptors (Lipinski definition) is 16. The molecule has 0 radical (unpaired) electrons. The van der Waals surface area contributed by atoms with Crippen molar-refractivity contribution < 1.29 is 74.5 Å². The zero-order valence-electron chi connectivity index (χ0n) is 22.1.